The van der Waals surface area contributed by atoms with E-state index in [2.05, 4.69) is 0 Å². The van der Waals surface area contributed by atoms with Crippen LogP contribution in [0.3, 0.4) is 0 Å². The molecule has 1 unspecified atom stereocenters. The van der Waals surface area contributed by atoms with Gasteiger partial charge >= 0.3 is 6.18 Å². The van der Waals surface area contributed by atoms with Crippen LogP contribution in [0.25, 0.3) is 0 Å². The van der Waals surface area contributed by atoms with Crippen molar-refractivity contribution in [2.24, 2.45) is 5.41 Å². The number of alkyl halides is 3. The predicted molar refractivity (Wildman–Crippen MR) is 74.1 cm³/mol. The molecule has 1 saturated carbocycles. The van der Waals surface area contributed by atoms with Crippen LogP contribution in [-0.2, 0) is 4.79 Å². The van der Waals surface area contributed by atoms with Crippen LogP contribution in [0.4, 0.5) is 13.2 Å². The van der Waals surface area contributed by atoms with Crippen LogP contribution in [0, 0.1) is 5.41 Å². The quantitative estimate of drug-likeness (QED) is 0.796. The van der Waals surface area contributed by atoms with Crippen LogP contribution in [0.5, 0.6) is 5.75 Å². The normalized spacial score (nSPS) is 27.3. The van der Waals surface area contributed by atoms with Crippen LogP contribution in [-0.4, -0.2) is 29.8 Å². The number of hydrogen-bond donors (Lipinski definition) is 0. The maximum absolute atomic E-state index is 14.0. The van der Waals surface area contributed by atoms with Gasteiger partial charge < -0.3 is 4.74 Å². The number of para-hydroxylation sites is 1. The molecule has 0 radical (unpaired) electrons. The predicted octanol–water partition coefficient (Wildman–Crippen LogP) is 3.75. The summed E-state index contributed by atoms with van der Waals surface area (Å²) in [5.41, 5.74) is -3.57. The van der Waals surface area contributed by atoms with Gasteiger partial charge in [0.2, 0.25) is 6.41 Å². The van der Waals surface area contributed by atoms with Crippen LogP contribution < -0.4 is 4.74 Å². The lowest BCUT2D eigenvalue weighted by Gasteiger charge is -2.64. The lowest BCUT2D eigenvalue weighted by atomic mass is 9.60. The number of ether oxygens (including phenoxy) is 1. The van der Waals surface area contributed by atoms with Crippen molar-refractivity contribution < 1.29 is 22.7 Å². The van der Waals surface area contributed by atoms with Crippen molar-refractivity contribution in [2.75, 3.05) is 6.54 Å². The summed E-state index contributed by atoms with van der Waals surface area (Å²) >= 11 is 0. The standard InChI is InChI=1S/C16H18F3NO2/c17-16(18,19)15(22-13-7-3-1-4-8-13)14(11-20(15)12-21)9-5-2-6-10-14/h1,3-4,7-8,12H,2,5-6,9-11H2. The molecule has 1 heterocycles. The van der Waals surface area contributed by atoms with Gasteiger partial charge in [-0.25, -0.2) is 0 Å². The number of amides is 1. The van der Waals surface area contributed by atoms with Gasteiger partial charge in [0.15, 0.2) is 0 Å². The molecule has 2 aliphatic rings. The lowest BCUT2D eigenvalue weighted by molar-refractivity contribution is -0.390. The molecule has 1 aliphatic heterocycles. The molecule has 0 aromatic heterocycles. The zero-order chi connectivity index (χ0) is 15.8. The van der Waals surface area contributed by atoms with Crippen molar-refractivity contribution in [3.8, 4) is 5.75 Å². The van der Waals surface area contributed by atoms with Gasteiger partial charge in [-0.3, -0.25) is 9.69 Å². The fourth-order valence-electron chi connectivity index (χ4n) is 3.94. The van der Waals surface area contributed by atoms with Crippen LogP contribution >= 0.6 is 0 Å². The van der Waals surface area contributed by atoms with E-state index in [1.807, 2.05) is 0 Å². The third-order valence-electron chi connectivity index (χ3n) is 4.93. The van der Waals surface area contributed by atoms with Crippen LogP contribution in [0.2, 0.25) is 0 Å². The summed E-state index contributed by atoms with van der Waals surface area (Å²) < 4.78 is 47.4. The van der Waals surface area contributed by atoms with Crippen molar-refractivity contribution in [1.82, 2.24) is 4.90 Å². The van der Waals surface area contributed by atoms with E-state index in [0.29, 0.717) is 12.8 Å². The highest BCUT2D eigenvalue weighted by molar-refractivity contribution is 5.53. The van der Waals surface area contributed by atoms with Crippen molar-refractivity contribution in [3.05, 3.63) is 30.3 Å². The topological polar surface area (TPSA) is 29.5 Å². The first-order chi connectivity index (χ1) is 10.5. The molecule has 1 atom stereocenters. The first-order valence-electron chi connectivity index (χ1n) is 7.48. The monoisotopic (exact) mass is 313 g/mol. The summed E-state index contributed by atoms with van der Waals surface area (Å²) in [5.74, 6) is 0.135. The minimum atomic E-state index is -4.64. The second-order valence-electron chi connectivity index (χ2n) is 6.13. The number of hydrogen-bond acceptors (Lipinski definition) is 2. The molecule has 22 heavy (non-hydrogen) atoms. The Morgan fingerprint density at radius 2 is 1.73 bits per heavy atom. The average Bonchev–Trinajstić information content (AvgIpc) is 2.51. The maximum Gasteiger partial charge on any atom is 0.449 e. The second kappa shape index (κ2) is 5.18. The van der Waals surface area contributed by atoms with E-state index in [1.165, 1.54) is 12.1 Å². The van der Waals surface area contributed by atoms with Gasteiger partial charge in [0, 0.05) is 6.54 Å². The first kappa shape index (κ1) is 15.2. The third-order valence-corrected chi connectivity index (χ3v) is 4.93. The molecule has 0 bridgehead atoms. The molecule has 120 valence electrons. The summed E-state index contributed by atoms with van der Waals surface area (Å²) in [6, 6.07) is 7.94. The van der Waals surface area contributed by atoms with Gasteiger partial charge in [-0.2, -0.15) is 13.2 Å². The van der Waals surface area contributed by atoms with Crippen molar-refractivity contribution in [2.45, 2.75) is 44.0 Å². The molecule has 1 saturated heterocycles. The number of carbonyl (C=O) groups is 1. The molecule has 2 fully saturated rings. The van der Waals surface area contributed by atoms with Gasteiger partial charge in [0.05, 0.1) is 5.41 Å². The Morgan fingerprint density at radius 3 is 2.27 bits per heavy atom. The molecule has 3 nitrogen and oxygen atoms in total. The number of halogens is 3. The maximum atomic E-state index is 14.0. The first-order valence-corrected chi connectivity index (χ1v) is 7.48. The summed E-state index contributed by atoms with van der Waals surface area (Å²) in [5, 5.41) is 0. The zero-order valence-corrected chi connectivity index (χ0v) is 12.1. The highest BCUT2D eigenvalue weighted by atomic mass is 19.4. The molecule has 1 aromatic rings. The molecule has 3 rings (SSSR count). The Bertz CT molecular complexity index is 540. The van der Waals surface area contributed by atoms with Gasteiger partial charge in [-0.05, 0) is 25.0 Å². The van der Waals surface area contributed by atoms with Crippen molar-refractivity contribution in [3.63, 3.8) is 0 Å². The molecule has 1 aromatic carbocycles. The fraction of sp³-hybridized carbons (Fsp3) is 0.562. The molecular weight excluding hydrogens is 295 g/mol. The number of rotatable bonds is 3. The highest BCUT2D eigenvalue weighted by Gasteiger charge is 2.79. The van der Waals surface area contributed by atoms with Crippen LogP contribution in [0.15, 0.2) is 30.3 Å². The molecule has 1 spiro atoms. The molecule has 6 heteroatoms. The highest BCUT2D eigenvalue weighted by Crippen LogP contribution is 2.61. The molecule has 1 aliphatic carbocycles. The molecular formula is C16H18F3NO2. The van der Waals surface area contributed by atoms with Gasteiger partial charge in [-0.1, -0.05) is 37.5 Å². The zero-order valence-electron chi connectivity index (χ0n) is 12.1. The number of carbonyl (C=O) groups excluding carboxylic acids is 1. The van der Waals surface area contributed by atoms with E-state index < -0.39 is 17.3 Å². The minimum absolute atomic E-state index is 0.114. The Hall–Kier alpha value is -1.72. The third kappa shape index (κ3) is 2.00. The van der Waals surface area contributed by atoms with Gasteiger partial charge in [0.25, 0.3) is 5.72 Å². The Labute approximate surface area is 127 Å². The largest absolute Gasteiger partial charge is 0.457 e. The van der Waals surface area contributed by atoms with E-state index in [-0.39, 0.29) is 18.7 Å². The summed E-state index contributed by atoms with van der Waals surface area (Å²) in [6.07, 6.45) is -1.10. The van der Waals surface area contributed by atoms with E-state index in [1.54, 1.807) is 18.2 Å². The van der Waals surface area contributed by atoms with E-state index in [0.717, 1.165) is 24.2 Å². The number of nitrogens with zero attached hydrogens (tertiary/aromatic N) is 1. The number of likely N-dealkylation sites (tertiary alicyclic amines) is 1. The van der Waals surface area contributed by atoms with Crippen molar-refractivity contribution >= 4 is 6.41 Å². The molecule has 1 amide bonds. The van der Waals surface area contributed by atoms with Crippen molar-refractivity contribution in [1.29, 1.82) is 0 Å². The minimum Gasteiger partial charge on any atom is -0.457 e. The Balaban J connectivity index is 2.04. The number of benzene rings is 1. The second-order valence-corrected chi connectivity index (χ2v) is 6.13. The smallest absolute Gasteiger partial charge is 0.449 e. The molecule has 0 N–H and O–H groups in total. The van der Waals surface area contributed by atoms with E-state index in [4.69, 9.17) is 4.74 Å². The Kier molecular flexibility index (Phi) is 3.57. The van der Waals surface area contributed by atoms with Gasteiger partial charge in [0.1, 0.15) is 5.75 Å². The SMILES string of the molecule is O=CN1CC2(CCCCC2)C1(Oc1ccccc1)C(F)(F)F. The van der Waals surface area contributed by atoms with Crippen LogP contribution in [0.1, 0.15) is 32.1 Å². The Morgan fingerprint density at radius 1 is 1.09 bits per heavy atom. The lowest BCUT2D eigenvalue weighted by Crippen LogP contribution is -2.82. The summed E-state index contributed by atoms with van der Waals surface area (Å²) in [4.78, 5) is 12.0. The average molecular weight is 313 g/mol. The summed E-state index contributed by atoms with van der Waals surface area (Å²) in [6.45, 7) is 0.114. The van der Waals surface area contributed by atoms with E-state index >= 15 is 0 Å². The van der Waals surface area contributed by atoms with Gasteiger partial charge in [-0.15, -0.1) is 0 Å². The summed E-state index contributed by atoms with van der Waals surface area (Å²) in [7, 11) is 0. The van der Waals surface area contributed by atoms with E-state index in [9.17, 15) is 18.0 Å². The fourth-order valence-corrected chi connectivity index (χ4v) is 3.94.